The number of carbonyl (C=O) groups excluding carboxylic acids is 1. The highest BCUT2D eigenvalue weighted by molar-refractivity contribution is 5.89. The number of aromatic nitrogens is 2. The second-order valence-electron chi connectivity index (χ2n) is 5.57. The number of urea groups is 1. The summed E-state index contributed by atoms with van der Waals surface area (Å²) in [6.45, 7) is 0.428. The molecule has 3 N–H and O–H groups in total. The molecular weight excluding hydrogens is 278 g/mol. The molecule has 22 heavy (non-hydrogen) atoms. The first-order valence-corrected chi connectivity index (χ1v) is 7.32. The molecule has 0 unspecified atom stereocenters. The molecule has 114 valence electrons. The predicted octanol–water partition coefficient (Wildman–Crippen LogP) is 2.21. The molecule has 1 aliphatic carbocycles. The van der Waals surface area contributed by atoms with E-state index in [0.717, 1.165) is 24.1 Å². The van der Waals surface area contributed by atoms with Gasteiger partial charge in [-0.1, -0.05) is 6.07 Å². The lowest BCUT2D eigenvalue weighted by Crippen LogP contribution is -2.31. The summed E-state index contributed by atoms with van der Waals surface area (Å²) in [6, 6.07) is 5.98. The van der Waals surface area contributed by atoms with Gasteiger partial charge in [0.15, 0.2) is 0 Å². The molecule has 1 heterocycles. The average Bonchev–Trinajstić information content (AvgIpc) is 2.97. The van der Waals surface area contributed by atoms with Gasteiger partial charge in [-0.05, 0) is 42.5 Å². The minimum atomic E-state index is -0.158. The third-order valence-corrected chi connectivity index (χ3v) is 3.84. The van der Waals surface area contributed by atoms with E-state index in [1.54, 1.807) is 24.3 Å². The standard InChI is InChI=1S/C16H19N5O/c1-21(10-11-8-18-15(17)19-9-11)16(22)20-14-6-5-12-3-2-4-13(12)7-14/h5-9H,2-4,10H2,1H3,(H,20,22)(H2,17,18,19). The third kappa shape index (κ3) is 3.16. The fourth-order valence-corrected chi connectivity index (χ4v) is 2.66. The molecule has 0 bridgehead atoms. The number of amides is 2. The van der Waals surface area contributed by atoms with Gasteiger partial charge in [-0.2, -0.15) is 0 Å². The van der Waals surface area contributed by atoms with E-state index < -0.39 is 0 Å². The normalized spacial score (nSPS) is 12.8. The van der Waals surface area contributed by atoms with Crippen LogP contribution >= 0.6 is 0 Å². The monoisotopic (exact) mass is 297 g/mol. The maximum atomic E-state index is 12.2. The first kappa shape index (κ1) is 14.3. The second kappa shape index (κ2) is 6.01. The van der Waals surface area contributed by atoms with Crippen molar-refractivity contribution in [2.24, 2.45) is 0 Å². The van der Waals surface area contributed by atoms with Crippen LogP contribution in [-0.2, 0) is 19.4 Å². The summed E-state index contributed by atoms with van der Waals surface area (Å²) in [5.74, 6) is 0.231. The van der Waals surface area contributed by atoms with Crippen LogP contribution in [0.5, 0.6) is 0 Å². The number of nitrogen functional groups attached to an aromatic ring is 1. The highest BCUT2D eigenvalue weighted by Crippen LogP contribution is 2.25. The average molecular weight is 297 g/mol. The van der Waals surface area contributed by atoms with Crippen molar-refractivity contribution in [3.05, 3.63) is 47.3 Å². The van der Waals surface area contributed by atoms with Gasteiger partial charge in [0.05, 0.1) is 6.54 Å². The minimum Gasteiger partial charge on any atom is -0.368 e. The van der Waals surface area contributed by atoms with Crippen LogP contribution in [0.25, 0.3) is 0 Å². The number of rotatable bonds is 3. The van der Waals surface area contributed by atoms with Crippen LogP contribution in [0.4, 0.5) is 16.4 Å². The summed E-state index contributed by atoms with van der Waals surface area (Å²) in [7, 11) is 1.74. The van der Waals surface area contributed by atoms with Crippen molar-refractivity contribution in [3.8, 4) is 0 Å². The Hall–Kier alpha value is -2.63. The number of nitrogens with one attached hydrogen (secondary N) is 1. The maximum absolute atomic E-state index is 12.2. The van der Waals surface area contributed by atoms with Gasteiger partial charge in [0, 0.05) is 30.7 Å². The number of carbonyl (C=O) groups is 1. The number of hydrogen-bond donors (Lipinski definition) is 2. The molecule has 0 spiro atoms. The van der Waals surface area contributed by atoms with Crippen LogP contribution in [-0.4, -0.2) is 27.9 Å². The Balaban J connectivity index is 1.62. The summed E-state index contributed by atoms with van der Waals surface area (Å²) in [5.41, 5.74) is 9.86. The first-order valence-electron chi connectivity index (χ1n) is 7.32. The number of nitrogens with two attached hydrogens (primary N) is 1. The van der Waals surface area contributed by atoms with Crippen molar-refractivity contribution in [2.75, 3.05) is 18.1 Å². The van der Waals surface area contributed by atoms with Crippen molar-refractivity contribution < 1.29 is 4.79 Å². The Morgan fingerprint density at radius 3 is 2.77 bits per heavy atom. The van der Waals surface area contributed by atoms with E-state index in [1.165, 1.54) is 17.5 Å². The highest BCUT2D eigenvalue weighted by atomic mass is 16.2. The second-order valence-corrected chi connectivity index (χ2v) is 5.57. The molecule has 2 amide bonds. The summed E-state index contributed by atoms with van der Waals surface area (Å²) in [5, 5.41) is 2.92. The van der Waals surface area contributed by atoms with Gasteiger partial charge in [0.2, 0.25) is 5.95 Å². The molecule has 6 nitrogen and oxygen atoms in total. The molecule has 0 atom stereocenters. The van der Waals surface area contributed by atoms with E-state index >= 15 is 0 Å². The van der Waals surface area contributed by atoms with Gasteiger partial charge in [-0.3, -0.25) is 0 Å². The van der Waals surface area contributed by atoms with E-state index in [9.17, 15) is 4.79 Å². The van der Waals surface area contributed by atoms with E-state index in [1.807, 2.05) is 6.07 Å². The van der Waals surface area contributed by atoms with Gasteiger partial charge < -0.3 is 16.0 Å². The summed E-state index contributed by atoms with van der Waals surface area (Å²) >= 11 is 0. The largest absolute Gasteiger partial charge is 0.368 e. The van der Waals surface area contributed by atoms with Crippen molar-refractivity contribution >= 4 is 17.7 Å². The van der Waals surface area contributed by atoms with Gasteiger partial charge in [0.1, 0.15) is 0 Å². The SMILES string of the molecule is CN(Cc1cnc(N)nc1)C(=O)Nc1ccc2c(c1)CCC2. The van der Waals surface area contributed by atoms with Crippen molar-refractivity contribution in [2.45, 2.75) is 25.8 Å². The maximum Gasteiger partial charge on any atom is 0.321 e. The van der Waals surface area contributed by atoms with Gasteiger partial charge >= 0.3 is 6.03 Å². The van der Waals surface area contributed by atoms with Crippen LogP contribution in [0.2, 0.25) is 0 Å². The van der Waals surface area contributed by atoms with E-state index in [4.69, 9.17) is 5.73 Å². The number of benzene rings is 1. The highest BCUT2D eigenvalue weighted by Gasteiger charge is 2.13. The smallest absolute Gasteiger partial charge is 0.321 e. The van der Waals surface area contributed by atoms with Crippen LogP contribution in [0.1, 0.15) is 23.1 Å². The number of nitrogens with zero attached hydrogens (tertiary/aromatic N) is 3. The molecule has 0 radical (unpaired) electrons. The molecule has 1 aliphatic rings. The lowest BCUT2D eigenvalue weighted by atomic mass is 10.1. The lowest BCUT2D eigenvalue weighted by Gasteiger charge is -2.18. The topological polar surface area (TPSA) is 84.1 Å². The van der Waals surface area contributed by atoms with Crippen molar-refractivity contribution in [1.82, 2.24) is 14.9 Å². The Bertz CT molecular complexity index is 683. The molecule has 1 aromatic heterocycles. The van der Waals surface area contributed by atoms with Crippen molar-refractivity contribution in [3.63, 3.8) is 0 Å². The first-order chi connectivity index (χ1) is 10.6. The fraction of sp³-hybridized carbons (Fsp3) is 0.312. The Labute approximate surface area is 129 Å². The van der Waals surface area contributed by atoms with Gasteiger partial charge in [-0.15, -0.1) is 0 Å². The quantitative estimate of drug-likeness (QED) is 0.909. The number of fused-ring (bicyclic) bond motifs is 1. The molecular formula is C16H19N5O. The molecule has 2 aromatic rings. The zero-order valence-corrected chi connectivity index (χ0v) is 12.5. The summed E-state index contributed by atoms with van der Waals surface area (Å²) < 4.78 is 0. The predicted molar refractivity (Wildman–Crippen MR) is 85.4 cm³/mol. The zero-order valence-electron chi connectivity index (χ0n) is 12.5. The van der Waals surface area contributed by atoms with Crippen LogP contribution in [0.15, 0.2) is 30.6 Å². The minimum absolute atomic E-state index is 0.158. The molecule has 3 rings (SSSR count). The zero-order chi connectivity index (χ0) is 15.5. The summed E-state index contributed by atoms with van der Waals surface area (Å²) in [6.07, 6.45) is 6.69. The Kier molecular flexibility index (Phi) is 3.91. The number of anilines is 2. The number of hydrogen-bond acceptors (Lipinski definition) is 4. The molecule has 0 saturated heterocycles. The molecule has 1 aromatic carbocycles. The van der Waals surface area contributed by atoms with Gasteiger partial charge in [-0.25, -0.2) is 14.8 Å². The Morgan fingerprint density at radius 2 is 2.00 bits per heavy atom. The van der Waals surface area contributed by atoms with Crippen LogP contribution in [0.3, 0.4) is 0 Å². The van der Waals surface area contributed by atoms with E-state index in [2.05, 4.69) is 27.4 Å². The molecule has 0 aliphatic heterocycles. The van der Waals surface area contributed by atoms with E-state index in [0.29, 0.717) is 6.54 Å². The van der Waals surface area contributed by atoms with Crippen LogP contribution < -0.4 is 11.1 Å². The van der Waals surface area contributed by atoms with Gasteiger partial charge in [0.25, 0.3) is 0 Å². The molecule has 6 heteroatoms. The lowest BCUT2D eigenvalue weighted by molar-refractivity contribution is 0.220. The molecule has 0 fully saturated rings. The third-order valence-electron chi connectivity index (χ3n) is 3.84. The fourth-order valence-electron chi connectivity index (χ4n) is 2.66. The van der Waals surface area contributed by atoms with E-state index in [-0.39, 0.29) is 12.0 Å². The Morgan fingerprint density at radius 1 is 1.27 bits per heavy atom. The number of aryl methyl sites for hydroxylation is 2. The summed E-state index contributed by atoms with van der Waals surface area (Å²) in [4.78, 5) is 21.7. The van der Waals surface area contributed by atoms with Crippen molar-refractivity contribution in [1.29, 1.82) is 0 Å². The molecule has 0 saturated carbocycles. The van der Waals surface area contributed by atoms with Crippen LogP contribution in [0, 0.1) is 0 Å².